The number of amides is 1. The zero-order chi connectivity index (χ0) is 17.8. The third-order valence-electron chi connectivity index (χ3n) is 4.89. The maximum atomic E-state index is 12.3. The number of rotatable bonds is 5. The fraction of sp³-hybridized carbons (Fsp3) is 0.429. The Labute approximate surface area is 148 Å². The molecule has 0 aliphatic heterocycles. The summed E-state index contributed by atoms with van der Waals surface area (Å²) in [4.78, 5) is 24.5. The van der Waals surface area contributed by atoms with Crippen LogP contribution in [-0.4, -0.2) is 17.0 Å². The van der Waals surface area contributed by atoms with E-state index in [1.165, 1.54) is 31.3 Å². The lowest BCUT2D eigenvalue weighted by molar-refractivity contribution is -0.121. The Morgan fingerprint density at radius 2 is 2.08 bits per heavy atom. The molecule has 0 spiro atoms. The van der Waals surface area contributed by atoms with Gasteiger partial charge < -0.3 is 9.88 Å². The van der Waals surface area contributed by atoms with Gasteiger partial charge in [-0.2, -0.15) is 0 Å². The van der Waals surface area contributed by atoms with Crippen LogP contribution in [0, 0.1) is 13.8 Å². The summed E-state index contributed by atoms with van der Waals surface area (Å²) >= 11 is 0. The summed E-state index contributed by atoms with van der Waals surface area (Å²) in [5.41, 5.74) is 4.35. The van der Waals surface area contributed by atoms with E-state index in [-0.39, 0.29) is 17.9 Å². The average molecular weight is 338 g/mol. The molecule has 0 saturated heterocycles. The summed E-state index contributed by atoms with van der Waals surface area (Å²) in [6.07, 6.45) is 9.86. The molecule has 1 aliphatic carbocycles. The van der Waals surface area contributed by atoms with Crippen LogP contribution in [0.25, 0.3) is 10.9 Å². The third-order valence-corrected chi connectivity index (χ3v) is 4.89. The molecule has 1 N–H and O–H groups in total. The first kappa shape index (κ1) is 17.5. The van der Waals surface area contributed by atoms with Gasteiger partial charge in [-0.25, -0.2) is 0 Å². The molecule has 0 saturated carbocycles. The van der Waals surface area contributed by atoms with Crippen molar-refractivity contribution >= 4 is 16.8 Å². The monoisotopic (exact) mass is 338 g/mol. The molecule has 3 rings (SSSR count). The second-order valence-corrected chi connectivity index (χ2v) is 6.99. The number of carbonyl (C=O) groups is 1. The van der Waals surface area contributed by atoms with Crippen LogP contribution in [0.2, 0.25) is 0 Å². The Balaban J connectivity index is 1.70. The first-order valence-corrected chi connectivity index (χ1v) is 9.09. The predicted molar refractivity (Wildman–Crippen MR) is 102 cm³/mol. The first-order valence-electron chi connectivity index (χ1n) is 9.09. The van der Waals surface area contributed by atoms with Gasteiger partial charge in [0.15, 0.2) is 5.43 Å². The molecule has 0 atom stereocenters. The standard InChI is InChI=1S/C21H26N2O2/c1-15-12-16(2)21-18(13-15)23(11-9-19(21)24)14-20(25)22-10-8-17-6-4-3-5-7-17/h6,9,11-13H,3-5,7-8,10,14H2,1-2H3,(H,22,25). The smallest absolute Gasteiger partial charge is 0.239 e. The molecule has 1 aromatic heterocycles. The van der Waals surface area contributed by atoms with Gasteiger partial charge in [0.25, 0.3) is 0 Å². The quantitative estimate of drug-likeness (QED) is 0.847. The lowest BCUT2D eigenvalue weighted by atomic mass is 9.97. The van der Waals surface area contributed by atoms with Crippen molar-refractivity contribution in [2.45, 2.75) is 52.5 Å². The SMILES string of the molecule is Cc1cc(C)c2c(=O)ccn(CC(=O)NCCC3=CCCCC3)c2c1. The highest BCUT2D eigenvalue weighted by molar-refractivity contribution is 5.85. The number of hydrogen-bond donors (Lipinski definition) is 1. The Bertz CT molecular complexity index is 877. The van der Waals surface area contributed by atoms with E-state index in [1.807, 2.05) is 30.5 Å². The summed E-state index contributed by atoms with van der Waals surface area (Å²) in [5, 5.41) is 3.71. The summed E-state index contributed by atoms with van der Waals surface area (Å²) in [5.74, 6) is -0.0134. The minimum atomic E-state index is -0.0134. The molecule has 4 heteroatoms. The fourth-order valence-corrected chi connectivity index (χ4v) is 3.66. The van der Waals surface area contributed by atoms with Crippen molar-refractivity contribution in [2.75, 3.05) is 6.54 Å². The molecule has 0 bridgehead atoms. The topological polar surface area (TPSA) is 51.1 Å². The number of allylic oxidation sites excluding steroid dienone is 1. The molecule has 1 amide bonds. The number of nitrogens with zero attached hydrogens (tertiary/aromatic N) is 1. The molecule has 4 nitrogen and oxygen atoms in total. The van der Waals surface area contributed by atoms with Gasteiger partial charge in [-0.05, 0) is 63.1 Å². The number of benzene rings is 1. The van der Waals surface area contributed by atoms with Crippen molar-refractivity contribution < 1.29 is 4.79 Å². The van der Waals surface area contributed by atoms with Crippen LogP contribution in [0.1, 0.15) is 43.2 Å². The summed E-state index contributed by atoms with van der Waals surface area (Å²) < 4.78 is 1.87. The van der Waals surface area contributed by atoms with Crippen LogP contribution < -0.4 is 10.7 Å². The summed E-state index contributed by atoms with van der Waals surface area (Å²) in [6, 6.07) is 5.53. The largest absolute Gasteiger partial charge is 0.354 e. The average Bonchev–Trinajstić information content (AvgIpc) is 2.58. The number of aryl methyl sites for hydroxylation is 2. The Morgan fingerprint density at radius 3 is 2.84 bits per heavy atom. The van der Waals surface area contributed by atoms with Crippen molar-refractivity contribution in [3.05, 3.63) is 57.4 Å². The third kappa shape index (κ3) is 4.19. The van der Waals surface area contributed by atoms with E-state index in [1.54, 1.807) is 12.3 Å². The zero-order valence-corrected chi connectivity index (χ0v) is 15.1. The van der Waals surface area contributed by atoms with Gasteiger partial charge in [0.05, 0.1) is 5.52 Å². The van der Waals surface area contributed by atoms with E-state index in [9.17, 15) is 9.59 Å². The van der Waals surface area contributed by atoms with Crippen LogP contribution in [0.15, 0.2) is 40.8 Å². The highest BCUT2D eigenvalue weighted by Gasteiger charge is 2.10. The predicted octanol–water partition coefficient (Wildman–Crippen LogP) is 3.63. The Hall–Kier alpha value is -2.36. The molecule has 25 heavy (non-hydrogen) atoms. The highest BCUT2D eigenvalue weighted by Crippen LogP contribution is 2.19. The highest BCUT2D eigenvalue weighted by atomic mass is 16.2. The van der Waals surface area contributed by atoms with E-state index in [2.05, 4.69) is 11.4 Å². The van der Waals surface area contributed by atoms with Gasteiger partial charge in [-0.1, -0.05) is 17.7 Å². The second kappa shape index (κ2) is 7.68. The van der Waals surface area contributed by atoms with Crippen LogP contribution in [-0.2, 0) is 11.3 Å². The second-order valence-electron chi connectivity index (χ2n) is 6.99. The van der Waals surface area contributed by atoms with Gasteiger partial charge >= 0.3 is 0 Å². The van der Waals surface area contributed by atoms with Gasteiger partial charge in [-0.15, -0.1) is 0 Å². The van der Waals surface area contributed by atoms with Crippen molar-refractivity contribution in [1.29, 1.82) is 0 Å². The summed E-state index contributed by atoms with van der Waals surface area (Å²) in [7, 11) is 0. The Kier molecular flexibility index (Phi) is 5.37. The summed E-state index contributed by atoms with van der Waals surface area (Å²) in [6.45, 7) is 4.87. The lowest BCUT2D eigenvalue weighted by Gasteiger charge is -2.15. The van der Waals surface area contributed by atoms with E-state index >= 15 is 0 Å². The van der Waals surface area contributed by atoms with Crippen molar-refractivity contribution in [2.24, 2.45) is 0 Å². The molecule has 1 aliphatic rings. The van der Waals surface area contributed by atoms with Crippen LogP contribution >= 0.6 is 0 Å². The van der Waals surface area contributed by atoms with Crippen LogP contribution in [0.5, 0.6) is 0 Å². The van der Waals surface area contributed by atoms with Crippen molar-refractivity contribution in [3.63, 3.8) is 0 Å². The molecule has 0 unspecified atom stereocenters. The normalized spacial score (nSPS) is 14.4. The van der Waals surface area contributed by atoms with Gasteiger partial charge in [0, 0.05) is 24.2 Å². The molecular weight excluding hydrogens is 312 g/mol. The molecular formula is C21H26N2O2. The molecule has 1 aromatic carbocycles. The lowest BCUT2D eigenvalue weighted by Crippen LogP contribution is -2.29. The minimum Gasteiger partial charge on any atom is -0.354 e. The molecule has 0 fully saturated rings. The Morgan fingerprint density at radius 1 is 1.24 bits per heavy atom. The first-order chi connectivity index (χ1) is 12.0. The number of hydrogen-bond acceptors (Lipinski definition) is 2. The zero-order valence-electron chi connectivity index (χ0n) is 15.1. The minimum absolute atomic E-state index is 0.00777. The van der Waals surface area contributed by atoms with E-state index in [4.69, 9.17) is 0 Å². The maximum absolute atomic E-state index is 12.3. The fourth-order valence-electron chi connectivity index (χ4n) is 3.66. The van der Waals surface area contributed by atoms with Crippen molar-refractivity contribution in [3.8, 4) is 0 Å². The number of fused-ring (bicyclic) bond motifs is 1. The van der Waals surface area contributed by atoms with E-state index in [0.29, 0.717) is 11.9 Å². The van der Waals surface area contributed by atoms with Gasteiger partial charge in [0.2, 0.25) is 5.91 Å². The van der Waals surface area contributed by atoms with E-state index < -0.39 is 0 Å². The number of nitrogens with one attached hydrogen (secondary N) is 1. The number of carbonyl (C=O) groups excluding carboxylic acids is 1. The number of aromatic nitrogens is 1. The van der Waals surface area contributed by atoms with Crippen LogP contribution in [0.3, 0.4) is 0 Å². The van der Waals surface area contributed by atoms with E-state index in [0.717, 1.165) is 23.1 Å². The molecule has 2 aromatic rings. The van der Waals surface area contributed by atoms with Gasteiger partial charge in [-0.3, -0.25) is 9.59 Å². The molecule has 0 radical (unpaired) electrons. The molecule has 132 valence electrons. The maximum Gasteiger partial charge on any atom is 0.239 e. The van der Waals surface area contributed by atoms with Gasteiger partial charge in [0.1, 0.15) is 6.54 Å². The molecule has 1 heterocycles. The van der Waals surface area contributed by atoms with Crippen molar-refractivity contribution in [1.82, 2.24) is 9.88 Å². The van der Waals surface area contributed by atoms with Crippen LogP contribution in [0.4, 0.5) is 0 Å². The number of pyridine rings is 1.